The van der Waals surface area contributed by atoms with Gasteiger partial charge in [0.05, 0.1) is 28.8 Å². The van der Waals surface area contributed by atoms with Crippen molar-refractivity contribution in [1.29, 1.82) is 0 Å². The summed E-state index contributed by atoms with van der Waals surface area (Å²) in [6.45, 7) is 8.08. The Morgan fingerprint density at radius 1 is 1.12 bits per heavy atom. The summed E-state index contributed by atoms with van der Waals surface area (Å²) in [6.07, 6.45) is 3.51. The van der Waals surface area contributed by atoms with E-state index in [0.717, 1.165) is 33.5 Å². The Labute approximate surface area is 192 Å². The van der Waals surface area contributed by atoms with E-state index in [1.165, 1.54) is 16.9 Å². The van der Waals surface area contributed by atoms with Crippen LogP contribution in [-0.4, -0.2) is 38.4 Å². The highest BCUT2D eigenvalue weighted by molar-refractivity contribution is 7.14. The number of carbonyl (C=O) groups is 1. The quantitative estimate of drug-likeness (QED) is 0.384. The first-order valence-electron chi connectivity index (χ1n) is 10.8. The van der Waals surface area contributed by atoms with Crippen molar-refractivity contribution in [2.45, 2.75) is 27.3 Å². The third kappa shape index (κ3) is 4.57. The van der Waals surface area contributed by atoms with E-state index in [1.54, 1.807) is 12.4 Å². The smallest absolute Gasteiger partial charge is 0.255 e. The van der Waals surface area contributed by atoms with Crippen molar-refractivity contribution >= 4 is 28.1 Å². The standard InChI is InChI=1S/C25H27N5OS/c1-4-29(5-2)24(31)21-14-23(30(18(21)3)16-19-10-7-6-8-11-19)22-17-32-25(28-22)27-20-12-9-13-26-15-20/h6-15,17H,4-5,16H2,1-3H3,(H,27,28). The van der Waals surface area contributed by atoms with Crippen LogP contribution in [0.25, 0.3) is 11.4 Å². The van der Waals surface area contributed by atoms with Crippen molar-refractivity contribution in [3.05, 3.63) is 83.1 Å². The molecule has 0 spiro atoms. The van der Waals surface area contributed by atoms with Crippen molar-refractivity contribution in [3.63, 3.8) is 0 Å². The van der Waals surface area contributed by atoms with Crippen molar-refractivity contribution in [2.75, 3.05) is 18.4 Å². The second-order valence-electron chi connectivity index (χ2n) is 7.48. The zero-order valence-corrected chi connectivity index (χ0v) is 19.4. The van der Waals surface area contributed by atoms with E-state index in [-0.39, 0.29) is 5.91 Å². The molecule has 0 saturated heterocycles. The number of pyridine rings is 1. The maximum absolute atomic E-state index is 13.2. The highest BCUT2D eigenvalue weighted by Gasteiger charge is 2.23. The van der Waals surface area contributed by atoms with Crippen LogP contribution in [0, 0.1) is 6.92 Å². The Morgan fingerprint density at radius 3 is 2.59 bits per heavy atom. The van der Waals surface area contributed by atoms with Crippen LogP contribution < -0.4 is 5.32 Å². The Balaban J connectivity index is 1.73. The number of amides is 1. The van der Waals surface area contributed by atoms with Gasteiger partial charge in [0.2, 0.25) is 0 Å². The molecule has 0 bridgehead atoms. The van der Waals surface area contributed by atoms with Crippen LogP contribution in [-0.2, 0) is 6.54 Å². The monoisotopic (exact) mass is 445 g/mol. The summed E-state index contributed by atoms with van der Waals surface area (Å²) in [5.41, 5.74) is 5.54. The van der Waals surface area contributed by atoms with E-state index < -0.39 is 0 Å². The fourth-order valence-electron chi connectivity index (χ4n) is 3.73. The van der Waals surface area contributed by atoms with Gasteiger partial charge in [-0.15, -0.1) is 11.3 Å². The van der Waals surface area contributed by atoms with Crippen molar-refractivity contribution in [1.82, 2.24) is 19.4 Å². The normalized spacial score (nSPS) is 10.8. The molecule has 0 aliphatic carbocycles. The maximum Gasteiger partial charge on any atom is 0.255 e. The highest BCUT2D eigenvalue weighted by atomic mass is 32.1. The molecule has 0 aliphatic rings. The molecule has 3 aromatic heterocycles. The van der Waals surface area contributed by atoms with Crippen molar-refractivity contribution in [3.8, 4) is 11.4 Å². The minimum Gasteiger partial charge on any atom is -0.339 e. The number of benzene rings is 1. The van der Waals surface area contributed by atoms with Gasteiger partial charge in [0.15, 0.2) is 5.13 Å². The molecule has 0 radical (unpaired) electrons. The topological polar surface area (TPSA) is 63.1 Å². The van der Waals surface area contributed by atoms with E-state index in [4.69, 9.17) is 4.98 Å². The molecule has 3 heterocycles. The average Bonchev–Trinajstić information content (AvgIpc) is 3.40. The molecule has 164 valence electrons. The SMILES string of the molecule is CCN(CC)C(=O)c1cc(-c2csc(Nc3cccnc3)n2)n(Cc2ccccc2)c1C. The number of anilines is 2. The minimum absolute atomic E-state index is 0.0597. The molecule has 4 aromatic rings. The van der Waals surface area contributed by atoms with Crippen LogP contribution in [0.2, 0.25) is 0 Å². The van der Waals surface area contributed by atoms with E-state index in [9.17, 15) is 4.79 Å². The largest absolute Gasteiger partial charge is 0.339 e. The Morgan fingerprint density at radius 2 is 1.91 bits per heavy atom. The van der Waals surface area contributed by atoms with Crippen molar-refractivity contribution in [2.24, 2.45) is 0 Å². The minimum atomic E-state index is 0.0597. The second-order valence-corrected chi connectivity index (χ2v) is 8.34. The lowest BCUT2D eigenvalue weighted by Gasteiger charge is -2.18. The van der Waals surface area contributed by atoms with Gasteiger partial charge in [-0.05, 0) is 44.5 Å². The number of carbonyl (C=O) groups excluding carboxylic acids is 1. The van der Waals surface area contributed by atoms with Crippen LogP contribution in [0.15, 0.2) is 66.3 Å². The number of hydrogen-bond acceptors (Lipinski definition) is 5. The molecular formula is C25H27N5OS. The van der Waals surface area contributed by atoms with Crippen molar-refractivity contribution < 1.29 is 4.79 Å². The number of hydrogen-bond donors (Lipinski definition) is 1. The molecule has 6 nitrogen and oxygen atoms in total. The summed E-state index contributed by atoms with van der Waals surface area (Å²) < 4.78 is 2.19. The van der Waals surface area contributed by atoms with E-state index in [0.29, 0.717) is 19.6 Å². The van der Waals surface area contributed by atoms with Gasteiger partial charge >= 0.3 is 0 Å². The lowest BCUT2D eigenvalue weighted by Crippen LogP contribution is -2.30. The molecule has 7 heteroatoms. The molecule has 0 aliphatic heterocycles. The van der Waals surface area contributed by atoms with Gasteiger partial charge in [-0.25, -0.2) is 4.98 Å². The van der Waals surface area contributed by atoms with E-state index in [2.05, 4.69) is 27.0 Å². The first-order valence-corrected chi connectivity index (χ1v) is 11.6. The summed E-state index contributed by atoms with van der Waals surface area (Å²) in [5, 5.41) is 6.12. The Hall–Kier alpha value is -3.45. The molecule has 32 heavy (non-hydrogen) atoms. The first kappa shape index (κ1) is 21.8. The number of nitrogens with zero attached hydrogens (tertiary/aromatic N) is 4. The summed E-state index contributed by atoms with van der Waals surface area (Å²) >= 11 is 1.53. The zero-order valence-electron chi connectivity index (χ0n) is 18.6. The van der Waals surface area contributed by atoms with Crippen LogP contribution in [0.4, 0.5) is 10.8 Å². The van der Waals surface area contributed by atoms with Gasteiger partial charge < -0.3 is 14.8 Å². The molecule has 4 rings (SSSR count). The van der Waals surface area contributed by atoms with Crippen LogP contribution in [0.3, 0.4) is 0 Å². The number of rotatable bonds is 8. The summed E-state index contributed by atoms with van der Waals surface area (Å²) in [4.78, 5) is 24.0. The molecular weight excluding hydrogens is 418 g/mol. The third-order valence-corrected chi connectivity index (χ3v) is 6.27. The average molecular weight is 446 g/mol. The number of nitrogens with one attached hydrogen (secondary N) is 1. The van der Waals surface area contributed by atoms with Crippen LogP contribution in [0.1, 0.15) is 35.5 Å². The van der Waals surface area contributed by atoms with E-state index in [1.807, 2.05) is 67.4 Å². The van der Waals surface area contributed by atoms with Gasteiger partial charge in [-0.2, -0.15) is 0 Å². The molecule has 0 unspecified atom stereocenters. The molecule has 0 fully saturated rings. The molecule has 1 aromatic carbocycles. The van der Waals surface area contributed by atoms with Gasteiger partial charge in [0.25, 0.3) is 5.91 Å². The van der Waals surface area contributed by atoms with Gasteiger partial charge in [0, 0.05) is 36.9 Å². The molecule has 0 atom stereocenters. The summed E-state index contributed by atoms with van der Waals surface area (Å²) in [6, 6.07) is 16.1. The summed E-state index contributed by atoms with van der Waals surface area (Å²) in [7, 11) is 0. The highest BCUT2D eigenvalue weighted by Crippen LogP contribution is 2.31. The third-order valence-electron chi connectivity index (χ3n) is 5.51. The van der Waals surface area contributed by atoms with Gasteiger partial charge in [-0.1, -0.05) is 30.3 Å². The lowest BCUT2D eigenvalue weighted by atomic mass is 10.2. The molecule has 1 N–H and O–H groups in total. The van der Waals surface area contributed by atoms with E-state index >= 15 is 0 Å². The van der Waals surface area contributed by atoms with Crippen LogP contribution in [0.5, 0.6) is 0 Å². The molecule has 0 saturated carbocycles. The van der Waals surface area contributed by atoms with Gasteiger partial charge in [-0.3, -0.25) is 9.78 Å². The maximum atomic E-state index is 13.2. The molecule has 1 amide bonds. The fraction of sp³-hybridized carbons (Fsp3) is 0.240. The second kappa shape index (κ2) is 9.78. The zero-order chi connectivity index (χ0) is 22.5. The van der Waals surface area contributed by atoms with Crippen LogP contribution >= 0.6 is 11.3 Å². The number of aromatic nitrogens is 3. The summed E-state index contributed by atoms with van der Waals surface area (Å²) in [5.74, 6) is 0.0597. The Bertz CT molecular complexity index is 1180. The van der Waals surface area contributed by atoms with Gasteiger partial charge in [0.1, 0.15) is 0 Å². The fourth-order valence-corrected chi connectivity index (χ4v) is 4.46. The Kier molecular flexibility index (Phi) is 6.66. The first-order chi connectivity index (χ1) is 15.6. The lowest BCUT2D eigenvalue weighted by molar-refractivity contribution is 0.0772. The predicted octanol–water partition coefficient (Wildman–Crippen LogP) is 5.59. The predicted molar refractivity (Wildman–Crippen MR) is 131 cm³/mol. The number of thiazole rings is 1.